The number of aliphatic hydroxyl groups is 1. The van der Waals surface area contributed by atoms with Crippen molar-refractivity contribution >= 4 is 29.6 Å². The molecule has 0 aromatic heterocycles. The van der Waals surface area contributed by atoms with Crippen molar-refractivity contribution in [2.45, 2.75) is 48.6 Å². The number of benzene rings is 1. The number of amides is 1. The summed E-state index contributed by atoms with van der Waals surface area (Å²) < 4.78 is 9.36. The molecular formula is C20H23NO6S. The van der Waals surface area contributed by atoms with Gasteiger partial charge in [-0.3, -0.25) is 4.79 Å². The van der Waals surface area contributed by atoms with E-state index in [-0.39, 0.29) is 18.6 Å². The van der Waals surface area contributed by atoms with Crippen molar-refractivity contribution in [2.75, 3.05) is 7.11 Å². The van der Waals surface area contributed by atoms with Gasteiger partial charge in [0.15, 0.2) is 5.60 Å². The summed E-state index contributed by atoms with van der Waals surface area (Å²) in [6.07, 6.45) is -0.242. The summed E-state index contributed by atoms with van der Waals surface area (Å²) in [4.78, 5) is 38.5. The number of fused-ring (bicyclic) bond motifs is 1. The fourth-order valence-electron chi connectivity index (χ4n) is 3.60. The van der Waals surface area contributed by atoms with Gasteiger partial charge < -0.3 is 19.5 Å². The summed E-state index contributed by atoms with van der Waals surface area (Å²) in [5, 5.41) is 10.2. The van der Waals surface area contributed by atoms with Crippen LogP contribution in [-0.2, 0) is 30.5 Å². The van der Waals surface area contributed by atoms with Crippen molar-refractivity contribution in [1.29, 1.82) is 0 Å². The van der Waals surface area contributed by atoms with Crippen LogP contribution in [-0.4, -0.2) is 56.7 Å². The summed E-state index contributed by atoms with van der Waals surface area (Å²) in [5.41, 5.74) is -0.940. The monoisotopic (exact) mass is 405 g/mol. The van der Waals surface area contributed by atoms with Gasteiger partial charge in [0.05, 0.1) is 7.11 Å². The predicted molar refractivity (Wildman–Crippen MR) is 103 cm³/mol. The Kier molecular flexibility index (Phi) is 5.29. The van der Waals surface area contributed by atoms with Crippen LogP contribution in [0.1, 0.15) is 25.8 Å². The molecule has 8 heteroatoms. The van der Waals surface area contributed by atoms with Crippen LogP contribution in [0.3, 0.4) is 0 Å². The highest BCUT2D eigenvalue weighted by atomic mass is 32.2. The molecule has 2 aliphatic rings. The fraction of sp³-hybridized carbons (Fsp3) is 0.450. The second kappa shape index (κ2) is 7.25. The van der Waals surface area contributed by atoms with E-state index in [1.807, 2.05) is 44.2 Å². The van der Waals surface area contributed by atoms with Crippen molar-refractivity contribution in [3.8, 4) is 0 Å². The molecule has 0 aliphatic carbocycles. The second-order valence-corrected chi connectivity index (χ2v) is 9.21. The number of methoxy groups -OCH3 is 1. The number of β-lactam (4-membered cyclic amide) rings is 1. The van der Waals surface area contributed by atoms with Gasteiger partial charge in [0, 0.05) is 16.7 Å². The Morgan fingerprint density at radius 3 is 2.54 bits per heavy atom. The Morgan fingerprint density at radius 1 is 1.29 bits per heavy atom. The largest absolute Gasteiger partial charge is 0.466 e. The van der Waals surface area contributed by atoms with E-state index < -0.39 is 39.6 Å². The number of ether oxygens (including phenoxy) is 2. The van der Waals surface area contributed by atoms with E-state index in [1.165, 1.54) is 23.8 Å². The third-order valence-electron chi connectivity index (χ3n) is 5.02. The first kappa shape index (κ1) is 20.4. The van der Waals surface area contributed by atoms with Crippen LogP contribution in [0.4, 0.5) is 0 Å². The van der Waals surface area contributed by atoms with Crippen molar-refractivity contribution in [1.82, 2.24) is 4.90 Å². The van der Waals surface area contributed by atoms with Gasteiger partial charge in [-0.1, -0.05) is 36.9 Å². The number of hydrogen-bond acceptors (Lipinski definition) is 7. The molecule has 1 aromatic carbocycles. The maximum atomic E-state index is 12.8. The van der Waals surface area contributed by atoms with Gasteiger partial charge in [-0.15, -0.1) is 11.8 Å². The van der Waals surface area contributed by atoms with Gasteiger partial charge >= 0.3 is 11.9 Å². The maximum Gasteiger partial charge on any atom is 0.333 e. The van der Waals surface area contributed by atoms with Crippen molar-refractivity contribution < 1.29 is 29.0 Å². The van der Waals surface area contributed by atoms with E-state index in [9.17, 15) is 19.5 Å². The minimum atomic E-state index is -1.79. The Bertz CT molecular complexity index is 823. The first-order valence-electron chi connectivity index (χ1n) is 8.81. The lowest BCUT2D eigenvalue weighted by Gasteiger charge is -2.50. The van der Waals surface area contributed by atoms with Gasteiger partial charge in [-0.2, -0.15) is 0 Å². The summed E-state index contributed by atoms with van der Waals surface area (Å²) >= 11 is 1.31. The van der Waals surface area contributed by atoms with Crippen molar-refractivity contribution in [2.24, 2.45) is 0 Å². The van der Waals surface area contributed by atoms with Crippen LogP contribution in [0.2, 0.25) is 0 Å². The standard InChI is InChI=1S/C20H23NO6S/c1-12(15(22)26-4)10-20(25)17(24)21-14(19(2,3)28-18(20)21)16(23)27-11-13-8-6-5-7-9-13/h5-9,14,18,25H,1,10-11H2,2-4H3/t14-,18+,20+/m0/s1. The third-order valence-corrected chi connectivity index (χ3v) is 6.69. The fourth-order valence-corrected chi connectivity index (χ4v) is 5.23. The molecule has 0 radical (unpaired) electrons. The molecule has 0 unspecified atom stereocenters. The molecular weight excluding hydrogens is 382 g/mol. The number of thioether (sulfide) groups is 1. The lowest BCUT2D eigenvalue weighted by atomic mass is 9.83. The highest BCUT2D eigenvalue weighted by molar-refractivity contribution is 8.01. The number of rotatable bonds is 6. The Labute approximate surface area is 167 Å². The normalized spacial score (nSPS) is 27.6. The van der Waals surface area contributed by atoms with Crippen LogP contribution >= 0.6 is 11.8 Å². The second-order valence-electron chi connectivity index (χ2n) is 7.48. The molecule has 7 nitrogen and oxygen atoms in total. The topological polar surface area (TPSA) is 93.1 Å². The molecule has 0 spiro atoms. The molecule has 1 amide bonds. The molecule has 2 fully saturated rings. The molecule has 3 atom stereocenters. The first-order valence-corrected chi connectivity index (χ1v) is 9.69. The average Bonchev–Trinajstić information content (AvgIpc) is 2.95. The lowest BCUT2D eigenvalue weighted by Crippen LogP contribution is -2.73. The Balaban J connectivity index is 1.73. The molecule has 3 rings (SSSR count). The summed E-state index contributed by atoms with van der Waals surface area (Å²) in [5.74, 6) is -1.81. The van der Waals surface area contributed by atoms with E-state index in [2.05, 4.69) is 11.3 Å². The van der Waals surface area contributed by atoms with Crippen LogP contribution in [0.25, 0.3) is 0 Å². The van der Waals surface area contributed by atoms with Gasteiger partial charge in [-0.25, -0.2) is 9.59 Å². The van der Waals surface area contributed by atoms with Gasteiger partial charge in [0.25, 0.3) is 5.91 Å². The van der Waals surface area contributed by atoms with E-state index in [0.29, 0.717) is 0 Å². The summed E-state index contributed by atoms with van der Waals surface area (Å²) in [7, 11) is 1.21. The molecule has 1 aromatic rings. The van der Waals surface area contributed by atoms with Crippen molar-refractivity contribution in [3.05, 3.63) is 48.0 Å². The van der Waals surface area contributed by atoms with Gasteiger partial charge in [0.1, 0.15) is 18.0 Å². The molecule has 1 N–H and O–H groups in total. The smallest absolute Gasteiger partial charge is 0.333 e. The van der Waals surface area contributed by atoms with Crippen LogP contribution in [0, 0.1) is 0 Å². The SMILES string of the molecule is C=C(C[C@@]1(O)C(=O)N2[C@@H](C(=O)OCc3ccccc3)C(C)(C)S[C@@H]21)C(=O)OC. The van der Waals surface area contributed by atoms with Gasteiger partial charge in [0.2, 0.25) is 0 Å². The van der Waals surface area contributed by atoms with E-state index in [0.717, 1.165) is 5.56 Å². The minimum absolute atomic E-state index is 0.00603. The molecule has 2 saturated heterocycles. The summed E-state index contributed by atoms with van der Waals surface area (Å²) in [6, 6.07) is 8.43. The summed E-state index contributed by atoms with van der Waals surface area (Å²) in [6.45, 7) is 7.35. The number of nitrogens with zero attached hydrogens (tertiary/aromatic N) is 1. The van der Waals surface area contributed by atoms with Crippen LogP contribution in [0.5, 0.6) is 0 Å². The highest BCUT2D eigenvalue weighted by Crippen LogP contribution is 2.56. The van der Waals surface area contributed by atoms with E-state index in [1.54, 1.807) is 0 Å². The zero-order valence-electron chi connectivity index (χ0n) is 16.0. The Hall–Kier alpha value is -2.32. The zero-order valence-corrected chi connectivity index (χ0v) is 16.8. The molecule has 0 saturated carbocycles. The molecule has 28 heavy (non-hydrogen) atoms. The molecule has 2 aliphatic heterocycles. The zero-order chi connectivity index (χ0) is 20.7. The number of esters is 2. The molecule has 150 valence electrons. The van der Waals surface area contributed by atoms with Crippen LogP contribution < -0.4 is 0 Å². The third kappa shape index (κ3) is 3.31. The lowest BCUT2D eigenvalue weighted by molar-refractivity contribution is -0.189. The Morgan fingerprint density at radius 2 is 1.93 bits per heavy atom. The average molecular weight is 405 g/mol. The highest BCUT2D eigenvalue weighted by Gasteiger charge is 2.71. The first-order chi connectivity index (χ1) is 13.1. The maximum absolute atomic E-state index is 12.8. The van der Waals surface area contributed by atoms with E-state index >= 15 is 0 Å². The van der Waals surface area contributed by atoms with Gasteiger partial charge in [-0.05, 0) is 19.4 Å². The van der Waals surface area contributed by atoms with Crippen molar-refractivity contribution in [3.63, 3.8) is 0 Å². The van der Waals surface area contributed by atoms with Crippen LogP contribution in [0.15, 0.2) is 42.5 Å². The molecule has 2 heterocycles. The number of carbonyl (C=O) groups excluding carboxylic acids is 3. The quantitative estimate of drug-likeness (QED) is 0.437. The number of carbonyl (C=O) groups is 3. The van der Waals surface area contributed by atoms with E-state index in [4.69, 9.17) is 4.74 Å². The number of hydrogen-bond donors (Lipinski definition) is 1. The molecule has 0 bridgehead atoms. The minimum Gasteiger partial charge on any atom is -0.466 e. The predicted octanol–water partition coefficient (Wildman–Crippen LogP) is 1.64.